The van der Waals surface area contributed by atoms with Crippen molar-refractivity contribution in [3.05, 3.63) is 16.3 Å². The SMILES string of the molecule is Cc1nn(C)c(=O)n1C1CCN(C(=O)CC2CCCCC2)CC1. The third-order valence-electron chi connectivity index (χ3n) is 5.50. The van der Waals surface area contributed by atoms with Crippen LogP contribution in [0.1, 0.15) is 63.2 Å². The van der Waals surface area contributed by atoms with Gasteiger partial charge in [0.15, 0.2) is 0 Å². The van der Waals surface area contributed by atoms with E-state index in [9.17, 15) is 9.59 Å². The average molecular weight is 320 g/mol. The van der Waals surface area contributed by atoms with Crippen molar-refractivity contribution in [1.82, 2.24) is 19.2 Å². The zero-order chi connectivity index (χ0) is 16.4. The van der Waals surface area contributed by atoms with Crippen LogP contribution in [0.15, 0.2) is 4.79 Å². The lowest BCUT2D eigenvalue weighted by atomic mass is 9.86. The Balaban J connectivity index is 1.55. The van der Waals surface area contributed by atoms with Gasteiger partial charge >= 0.3 is 5.69 Å². The van der Waals surface area contributed by atoms with Gasteiger partial charge in [-0.1, -0.05) is 19.3 Å². The number of piperidine rings is 1. The van der Waals surface area contributed by atoms with Gasteiger partial charge in [-0.3, -0.25) is 9.36 Å². The maximum atomic E-state index is 12.5. The van der Waals surface area contributed by atoms with Crippen molar-refractivity contribution in [2.24, 2.45) is 13.0 Å². The van der Waals surface area contributed by atoms with Crippen LogP contribution in [0, 0.1) is 12.8 Å². The number of hydrogen-bond donors (Lipinski definition) is 0. The quantitative estimate of drug-likeness (QED) is 0.856. The number of likely N-dealkylation sites (tertiary alicyclic amines) is 1. The molecule has 128 valence electrons. The van der Waals surface area contributed by atoms with E-state index < -0.39 is 0 Å². The summed E-state index contributed by atoms with van der Waals surface area (Å²) in [7, 11) is 1.69. The van der Waals surface area contributed by atoms with Crippen LogP contribution >= 0.6 is 0 Å². The Morgan fingerprint density at radius 1 is 1.13 bits per heavy atom. The summed E-state index contributed by atoms with van der Waals surface area (Å²) in [5.74, 6) is 1.67. The Bertz CT molecular complexity index is 605. The van der Waals surface area contributed by atoms with Crippen molar-refractivity contribution >= 4 is 5.91 Å². The van der Waals surface area contributed by atoms with Crippen LogP contribution in [-0.4, -0.2) is 38.2 Å². The lowest BCUT2D eigenvalue weighted by Gasteiger charge is -2.33. The molecule has 6 heteroatoms. The first-order chi connectivity index (χ1) is 11.1. The zero-order valence-corrected chi connectivity index (χ0v) is 14.3. The minimum absolute atomic E-state index is 0.0468. The van der Waals surface area contributed by atoms with Crippen LogP contribution in [0.4, 0.5) is 0 Å². The molecule has 1 saturated carbocycles. The Morgan fingerprint density at radius 3 is 2.35 bits per heavy atom. The van der Waals surface area contributed by atoms with Gasteiger partial charge in [0.2, 0.25) is 5.91 Å². The Morgan fingerprint density at radius 2 is 1.78 bits per heavy atom. The molecule has 1 aliphatic heterocycles. The second-order valence-corrected chi connectivity index (χ2v) is 7.14. The van der Waals surface area contributed by atoms with Gasteiger partial charge in [0, 0.05) is 32.6 Å². The van der Waals surface area contributed by atoms with Crippen molar-refractivity contribution in [2.45, 2.75) is 64.3 Å². The molecule has 0 aromatic carbocycles. The molecule has 1 amide bonds. The third-order valence-corrected chi connectivity index (χ3v) is 5.50. The molecular formula is C17H28N4O2. The summed E-state index contributed by atoms with van der Waals surface area (Å²) in [5.41, 5.74) is -0.0468. The minimum atomic E-state index is -0.0468. The van der Waals surface area contributed by atoms with Crippen molar-refractivity contribution in [2.75, 3.05) is 13.1 Å². The van der Waals surface area contributed by atoms with Gasteiger partial charge in [0.05, 0.1) is 0 Å². The molecule has 6 nitrogen and oxygen atoms in total. The molecule has 1 aliphatic carbocycles. The lowest BCUT2D eigenvalue weighted by molar-refractivity contribution is -0.133. The number of nitrogens with zero attached hydrogens (tertiary/aromatic N) is 4. The summed E-state index contributed by atoms with van der Waals surface area (Å²) in [6.45, 7) is 3.40. The largest absolute Gasteiger partial charge is 0.345 e. The van der Waals surface area contributed by atoms with E-state index in [-0.39, 0.29) is 11.7 Å². The van der Waals surface area contributed by atoms with Crippen LogP contribution in [0.3, 0.4) is 0 Å². The van der Waals surface area contributed by atoms with E-state index in [0.29, 0.717) is 11.8 Å². The molecule has 2 fully saturated rings. The number of amides is 1. The Kier molecular flexibility index (Phi) is 4.87. The summed E-state index contributed by atoms with van der Waals surface area (Å²) in [5, 5.41) is 4.20. The van der Waals surface area contributed by atoms with Gasteiger partial charge in [-0.25, -0.2) is 9.48 Å². The molecule has 0 bridgehead atoms. The predicted octanol–water partition coefficient (Wildman–Crippen LogP) is 2.02. The van der Waals surface area contributed by atoms with E-state index in [4.69, 9.17) is 0 Å². The lowest BCUT2D eigenvalue weighted by Crippen LogP contribution is -2.41. The van der Waals surface area contributed by atoms with Crippen molar-refractivity contribution in [1.29, 1.82) is 0 Å². The number of rotatable bonds is 3. The van der Waals surface area contributed by atoms with E-state index in [0.717, 1.165) is 38.2 Å². The molecule has 0 atom stereocenters. The van der Waals surface area contributed by atoms with Gasteiger partial charge < -0.3 is 4.90 Å². The van der Waals surface area contributed by atoms with Gasteiger partial charge in [-0.2, -0.15) is 5.10 Å². The Hall–Kier alpha value is -1.59. The molecule has 0 N–H and O–H groups in total. The van der Waals surface area contributed by atoms with Crippen LogP contribution in [0.5, 0.6) is 0 Å². The molecule has 1 aromatic heterocycles. The highest BCUT2D eigenvalue weighted by atomic mass is 16.2. The second kappa shape index (κ2) is 6.89. The summed E-state index contributed by atoms with van der Waals surface area (Å²) < 4.78 is 3.19. The summed E-state index contributed by atoms with van der Waals surface area (Å²) in [6.07, 6.45) is 8.74. The molecule has 3 rings (SSSR count). The van der Waals surface area contributed by atoms with Gasteiger partial charge in [-0.15, -0.1) is 0 Å². The molecule has 2 aliphatic rings. The van der Waals surface area contributed by atoms with Crippen LogP contribution in [0.25, 0.3) is 0 Å². The molecular weight excluding hydrogens is 292 g/mol. The van der Waals surface area contributed by atoms with E-state index in [1.165, 1.54) is 36.8 Å². The number of aryl methyl sites for hydroxylation is 2. The van der Waals surface area contributed by atoms with Crippen molar-refractivity contribution in [3.8, 4) is 0 Å². The van der Waals surface area contributed by atoms with Crippen LogP contribution in [0.2, 0.25) is 0 Å². The Labute approximate surface area is 137 Å². The van der Waals surface area contributed by atoms with Crippen molar-refractivity contribution < 1.29 is 4.79 Å². The molecule has 23 heavy (non-hydrogen) atoms. The number of carbonyl (C=O) groups is 1. The van der Waals surface area contributed by atoms with Crippen LogP contribution in [-0.2, 0) is 11.8 Å². The fourth-order valence-corrected chi connectivity index (χ4v) is 4.16. The topological polar surface area (TPSA) is 60.1 Å². The molecule has 0 spiro atoms. The standard InChI is InChI=1S/C17H28N4O2/c1-13-18-19(2)17(23)21(13)15-8-10-20(11-9-15)16(22)12-14-6-4-3-5-7-14/h14-15H,3-12H2,1-2H3. The van der Waals surface area contributed by atoms with Crippen molar-refractivity contribution in [3.63, 3.8) is 0 Å². The molecule has 0 unspecified atom stereocenters. The summed E-state index contributed by atoms with van der Waals surface area (Å²) >= 11 is 0. The van der Waals surface area contributed by atoms with Gasteiger partial charge in [0.1, 0.15) is 5.82 Å². The highest BCUT2D eigenvalue weighted by molar-refractivity contribution is 5.76. The fraction of sp³-hybridized carbons (Fsp3) is 0.824. The normalized spacial score (nSPS) is 20.9. The predicted molar refractivity (Wildman–Crippen MR) is 88.2 cm³/mol. The molecule has 0 radical (unpaired) electrons. The van der Waals surface area contributed by atoms with E-state index in [1.54, 1.807) is 11.6 Å². The summed E-state index contributed by atoms with van der Waals surface area (Å²) in [6, 6.07) is 0.176. The summed E-state index contributed by atoms with van der Waals surface area (Å²) in [4.78, 5) is 26.6. The first-order valence-electron chi connectivity index (χ1n) is 8.96. The molecule has 1 aromatic rings. The smallest absolute Gasteiger partial charge is 0.343 e. The van der Waals surface area contributed by atoms with Crippen LogP contribution < -0.4 is 5.69 Å². The average Bonchev–Trinajstić information content (AvgIpc) is 2.81. The first-order valence-corrected chi connectivity index (χ1v) is 8.96. The highest BCUT2D eigenvalue weighted by Crippen LogP contribution is 2.28. The fourth-order valence-electron chi connectivity index (χ4n) is 4.16. The zero-order valence-electron chi connectivity index (χ0n) is 14.3. The third kappa shape index (κ3) is 3.51. The van der Waals surface area contributed by atoms with E-state index in [1.807, 2.05) is 11.8 Å². The van der Waals surface area contributed by atoms with E-state index in [2.05, 4.69) is 5.10 Å². The second-order valence-electron chi connectivity index (χ2n) is 7.14. The van der Waals surface area contributed by atoms with Gasteiger partial charge in [-0.05, 0) is 38.5 Å². The maximum Gasteiger partial charge on any atom is 0.345 e. The monoisotopic (exact) mass is 320 g/mol. The first kappa shape index (κ1) is 16.3. The number of carbonyl (C=O) groups excluding carboxylic acids is 1. The maximum absolute atomic E-state index is 12.5. The number of aromatic nitrogens is 3. The van der Waals surface area contributed by atoms with Gasteiger partial charge in [0.25, 0.3) is 0 Å². The minimum Gasteiger partial charge on any atom is -0.343 e. The molecule has 1 saturated heterocycles. The molecule has 2 heterocycles. The number of hydrogen-bond acceptors (Lipinski definition) is 3. The highest BCUT2D eigenvalue weighted by Gasteiger charge is 2.28. The van der Waals surface area contributed by atoms with E-state index >= 15 is 0 Å².